The van der Waals surface area contributed by atoms with Gasteiger partial charge in [-0.2, -0.15) is 0 Å². The minimum Gasteiger partial charge on any atom is -0.398 e. The molecule has 216 valence electrons. The third-order valence-electron chi connectivity index (χ3n) is 9.47. The second-order valence-corrected chi connectivity index (χ2v) is 13.0. The summed E-state index contributed by atoms with van der Waals surface area (Å²) in [4.78, 5) is 0. The van der Waals surface area contributed by atoms with Crippen LogP contribution in [-0.2, 0) is 0 Å². The van der Waals surface area contributed by atoms with Gasteiger partial charge < -0.3 is 14.9 Å². The molecule has 0 amide bonds. The standard InChI is InChI=1S/C42H27N3S/c43-33-16-10-19-37(45-34-17-7-4-13-28(34)29-14-5-8-18-35(29)45)40(33)26-21-23-36-32(25-26)41-38(44(36)27-11-2-1-3-12-27)24-22-31-30-15-6-9-20-39(30)46-42(31)41/h1-25H,43H2. The van der Waals surface area contributed by atoms with E-state index in [0.717, 1.165) is 28.2 Å². The topological polar surface area (TPSA) is 35.9 Å². The minimum absolute atomic E-state index is 0.762. The molecular weight excluding hydrogens is 579 g/mol. The van der Waals surface area contributed by atoms with E-state index >= 15 is 0 Å². The highest BCUT2D eigenvalue weighted by atomic mass is 32.1. The van der Waals surface area contributed by atoms with Crippen LogP contribution in [0.3, 0.4) is 0 Å². The summed E-state index contributed by atoms with van der Waals surface area (Å²) in [6, 6.07) is 54.5. The van der Waals surface area contributed by atoms with Crippen LogP contribution in [0.25, 0.3) is 86.3 Å². The molecule has 3 aromatic heterocycles. The Morgan fingerprint density at radius 2 is 1.11 bits per heavy atom. The van der Waals surface area contributed by atoms with Gasteiger partial charge in [-0.3, -0.25) is 0 Å². The van der Waals surface area contributed by atoms with E-state index in [1.807, 2.05) is 17.4 Å². The third-order valence-corrected chi connectivity index (χ3v) is 10.7. The average Bonchev–Trinajstić information content (AvgIpc) is 3.76. The molecule has 7 aromatic carbocycles. The van der Waals surface area contributed by atoms with Crippen molar-refractivity contribution in [2.75, 3.05) is 5.73 Å². The predicted octanol–water partition coefficient (Wildman–Crippen LogP) is 11.5. The Kier molecular flexibility index (Phi) is 5.31. The zero-order valence-corrected chi connectivity index (χ0v) is 25.6. The maximum absolute atomic E-state index is 6.93. The van der Waals surface area contributed by atoms with Crippen molar-refractivity contribution in [3.05, 3.63) is 152 Å². The number of aromatic nitrogens is 2. The van der Waals surface area contributed by atoms with Gasteiger partial charge in [0.25, 0.3) is 0 Å². The number of nitrogens with zero attached hydrogens (tertiary/aromatic N) is 2. The molecule has 0 aliphatic rings. The lowest BCUT2D eigenvalue weighted by molar-refractivity contribution is 1.18. The number of para-hydroxylation sites is 3. The minimum atomic E-state index is 0.762. The molecular formula is C42H27N3S. The van der Waals surface area contributed by atoms with Gasteiger partial charge >= 0.3 is 0 Å². The summed E-state index contributed by atoms with van der Waals surface area (Å²) in [7, 11) is 0. The lowest BCUT2D eigenvalue weighted by Crippen LogP contribution is -2.00. The highest BCUT2D eigenvalue weighted by Gasteiger charge is 2.21. The lowest BCUT2D eigenvalue weighted by atomic mass is 9.98. The summed E-state index contributed by atoms with van der Waals surface area (Å²) in [5.74, 6) is 0. The Morgan fingerprint density at radius 3 is 1.89 bits per heavy atom. The van der Waals surface area contributed by atoms with Crippen molar-refractivity contribution < 1.29 is 0 Å². The van der Waals surface area contributed by atoms with Crippen molar-refractivity contribution in [3.8, 4) is 22.5 Å². The van der Waals surface area contributed by atoms with Crippen LogP contribution in [0.1, 0.15) is 0 Å². The van der Waals surface area contributed by atoms with Crippen LogP contribution in [0.5, 0.6) is 0 Å². The van der Waals surface area contributed by atoms with E-state index in [9.17, 15) is 0 Å². The summed E-state index contributed by atoms with van der Waals surface area (Å²) >= 11 is 1.88. The van der Waals surface area contributed by atoms with Crippen LogP contribution in [0, 0.1) is 0 Å². The third kappa shape index (κ3) is 3.47. The van der Waals surface area contributed by atoms with Gasteiger partial charge in [0, 0.05) is 58.7 Å². The van der Waals surface area contributed by atoms with E-state index in [4.69, 9.17) is 5.73 Å². The first-order valence-corrected chi connectivity index (χ1v) is 16.4. The molecule has 2 N–H and O–H groups in total. The van der Waals surface area contributed by atoms with Gasteiger partial charge in [0.05, 0.1) is 27.8 Å². The maximum atomic E-state index is 6.93. The van der Waals surface area contributed by atoms with Crippen LogP contribution < -0.4 is 5.73 Å². The number of thiophene rings is 1. The number of nitrogens with two attached hydrogens (primary N) is 1. The first-order chi connectivity index (χ1) is 22.8. The molecule has 0 saturated heterocycles. The summed E-state index contributed by atoms with van der Waals surface area (Å²) in [6.45, 7) is 0. The summed E-state index contributed by atoms with van der Waals surface area (Å²) < 4.78 is 7.40. The Hall–Kier alpha value is -5.84. The number of nitrogen functional groups attached to an aromatic ring is 1. The molecule has 0 saturated carbocycles. The van der Waals surface area contributed by atoms with E-state index in [2.05, 4.69) is 155 Å². The molecule has 0 unspecified atom stereocenters. The van der Waals surface area contributed by atoms with Crippen molar-refractivity contribution >= 4 is 80.8 Å². The molecule has 0 aliphatic carbocycles. The van der Waals surface area contributed by atoms with Gasteiger partial charge in [-0.25, -0.2) is 0 Å². The number of rotatable bonds is 3. The second kappa shape index (κ2) is 9.58. The van der Waals surface area contributed by atoms with E-state index < -0.39 is 0 Å². The van der Waals surface area contributed by atoms with Crippen LogP contribution in [-0.4, -0.2) is 9.13 Å². The van der Waals surface area contributed by atoms with E-state index in [-0.39, 0.29) is 0 Å². The Morgan fingerprint density at radius 1 is 0.457 bits per heavy atom. The first-order valence-electron chi connectivity index (χ1n) is 15.6. The first kappa shape index (κ1) is 25.5. The van der Waals surface area contributed by atoms with Crippen molar-refractivity contribution in [1.29, 1.82) is 0 Å². The van der Waals surface area contributed by atoms with Gasteiger partial charge in [0.15, 0.2) is 0 Å². The maximum Gasteiger partial charge on any atom is 0.0561 e. The normalized spacial score (nSPS) is 12.0. The van der Waals surface area contributed by atoms with E-state index in [1.165, 1.54) is 63.8 Å². The number of hydrogen-bond donors (Lipinski definition) is 1. The quantitative estimate of drug-likeness (QED) is 0.200. The highest BCUT2D eigenvalue weighted by molar-refractivity contribution is 7.26. The van der Waals surface area contributed by atoms with Crippen molar-refractivity contribution in [2.24, 2.45) is 0 Å². The number of benzene rings is 7. The fourth-order valence-corrected chi connectivity index (χ4v) is 8.80. The van der Waals surface area contributed by atoms with Crippen molar-refractivity contribution in [1.82, 2.24) is 9.13 Å². The molecule has 0 radical (unpaired) electrons. The average molecular weight is 606 g/mol. The molecule has 3 heterocycles. The molecule has 46 heavy (non-hydrogen) atoms. The van der Waals surface area contributed by atoms with Gasteiger partial charge in [-0.15, -0.1) is 11.3 Å². The van der Waals surface area contributed by atoms with E-state index in [1.54, 1.807) is 0 Å². The zero-order valence-electron chi connectivity index (χ0n) is 24.8. The SMILES string of the molecule is Nc1cccc(-n2c3ccccc3c3ccccc32)c1-c1ccc2c(c1)c1c3sc4ccccc4c3ccc1n2-c1ccccc1. The van der Waals surface area contributed by atoms with E-state index in [0.29, 0.717) is 0 Å². The fourth-order valence-electron chi connectivity index (χ4n) is 7.54. The van der Waals surface area contributed by atoms with Gasteiger partial charge in [0.1, 0.15) is 0 Å². The van der Waals surface area contributed by atoms with Crippen LogP contribution in [0.2, 0.25) is 0 Å². The Labute approximate surface area is 269 Å². The van der Waals surface area contributed by atoms with Crippen molar-refractivity contribution in [2.45, 2.75) is 0 Å². The van der Waals surface area contributed by atoms with Crippen molar-refractivity contribution in [3.63, 3.8) is 0 Å². The Bertz CT molecular complexity index is 2760. The Balaban J connectivity index is 1.32. The number of fused-ring (bicyclic) bond motifs is 10. The van der Waals surface area contributed by atoms with Gasteiger partial charge in [0.2, 0.25) is 0 Å². The van der Waals surface area contributed by atoms with Gasteiger partial charge in [-0.05, 0) is 66.2 Å². The lowest BCUT2D eigenvalue weighted by Gasteiger charge is -2.16. The summed E-state index contributed by atoms with van der Waals surface area (Å²) in [5.41, 5.74) is 16.8. The molecule has 0 atom stereocenters. The molecule has 3 nitrogen and oxygen atoms in total. The smallest absolute Gasteiger partial charge is 0.0561 e. The van der Waals surface area contributed by atoms with Crippen LogP contribution >= 0.6 is 11.3 Å². The largest absolute Gasteiger partial charge is 0.398 e. The molecule has 10 rings (SSSR count). The molecule has 4 heteroatoms. The van der Waals surface area contributed by atoms with Crippen LogP contribution in [0.15, 0.2) is 152 Å². The molecule has 10 aromatic rings. The molecule has 0 spiro atoms. The highest BCUT2D eigenvalue weighted by Crippen LogP contribution is 2.45. The molecule has 0 bridgehead atoms. The molecule has 0 aliphatic heterocycles. The predicted molar refractivity (Wildman–Crippen MR) is 198 cm³/mol. The second-order valence-electron chi connectivity index (χ2n) is 11.9. The summed E-state index contributed by atoms with van der Waals surface area (Å²) in [6.07, 6.45) is 0. The summed E-state index contributed by atoms with van der Waals surface area (Å²) in [5, 5.41) is 7.59. The molecule has 0 fully saturated rings. The van der Waals surface area contributed by atoms with Gasteiger partial charge in [-0.1, -0.05) is 91.0 Å². The monoisotopic (exact) mass is 605 g/mol. The number of hydrogen-bond acceptors (Lipinski definition) is 2. The fraction of sp³-hybridized carbons (Fsp3) is 0. The van der Waals surface area contributed by atoms with Crippen LogP contribution in [0.4, 0.5) is 5.69 Å². The zero-order chi connectivity index (χ0) is 30.4. The number of anilines is 1.